The summed E-state index contributed by atoms with van der Waals surface area (Å²) < 4.78 is 11.8. The van der Waals surface area contributed by atoms with Gasteiger partial charge in [0.25, 0.3) is 0 Å². The van der Waals surface area contributed by atoms with Gasteiger partial charge in [0.1, 0.15) is 0 Å². The lowest BCUT2D eigenvalue weighted by atomic mass is 10.0. The third kappa shape index (κ3) is 9.81. The molecular weight excluding hydrogens is 165 g/mol. The first-order valence-electron chi connectivity index (χ1n) is 5.46. The van der Waals surface area contributed by atoms with E-state index in [1.165, 1.54) is 19.3 Å². The molecule has 0 fully saturated rings. The number of halogens is 1. The summed E-state index contributed by atoms with van der Waals surface area (Å²) >= 11 is 0. The fraction of sp³-hybridized carbons (Fsp3) is 1.00. The SMILES string of the molecule is CC(C)CCCC(C)NCCCF. The van der Waals surface area contributed by atoms with Crippen LogP contribution in [0, 0.1) is 5.92 Å². The quantitative estimate of drug-likeness (QED) is 0.578. The largest absolute Gasteiger partial charge is 0.314 e. The molecule has 0 saturated carbocycles. The van der Waals surface area contributed by atoms with E-state index in [1.54, 1.807) is 0 Å². The van der Waals surface area contributed by atoms with Crippen LogP contribution in [0.3, 0.4) is 0 Å². The van der Waals surface area contributed by atoms with Crippen molar-refractivity contribution in [2.75, 3.05) is 13.2 Å². The summed E-state index contributed by atoms with van der Waals surface area (Å²) in [4.78, 5) is 0. The van der Waals surface area contributed by atoms with Gasteiger partial charge in [-0.3, -0.25) is 4.39 Å². The Morgan fingerprint density at radius 3 is 2.31 bits per heavy atom. The maximum Gasteiger partial charge on any atom is 0.0906 e. The first kappa shape index (κ1) is 12.9. The van der Waals surface area contributed by atoms with Gasteiger partial charge < -0.3 is 5.32 Å². The number of rotatable bonds is 8. The fourth-order valence-electron chi connectivity index (χ4n) is 1.35. The van der Waals surface area contributed by atoms with Crippen LogP contribution in [0.5, 0.6) is 0 Å². The van der Waals surface area contributed by atoms with Crippen molar-refractivity contribution in [1.82, 2.24) is 5.32 Å². The van der Waals surface area contributed by atoms with E-state index in [2.05, 4.69) is 26.1 Å². The number of alkyl halides is 1. The van der Waals surface area contributed by atoms with Gasteiger partial charge in [-0.05, 0) is 32.2 Å². The smallest absolute Gasteiger partial charge is 0.0906 e. The Morgan fingerprint density at radius 2 is 1.77 bits per heavy atom. The van der Waals surface area contributed by atoms with Crippen LogP contribution in [-0.2, 0) is 0 Å². The Bertz CT molecular complexity index is 104. The molecule has 1 unspecified atom stereocenters. The highest BCUT2D eigenvalue weighted by atomic mass is 19.1. The average Bonchev–Trinajstić information content (AvgIpc) is 2.04. The molecule has 0 aliphatic rings. The molecule has 0 aromatic rings. The van der Waals surface area contributed by atoms with Gasteiger partial charge in [-0.25, -0.2) is 0 Å². The summed E-state index contributed by atoms with van der Waals surface area (Å²) in [7, 11) is 0. The monoisotopic (exact) mass is 189 g/mol. The zero-order valence-electron chi connectivity index (χ0n) is 9.28. The molecule has 0 amide bonds. The first-order chi connectivity index (χ1) is 6.16. The minimum absolute atomic E-state index is 0.203. The van der Waals surface area contributed by atoms with Crippen molar-refractivity contribution in [2.24, 2.45) is 5.92 Å². The molecule has 0 bridgehead atoms. The van der Waals surface area contributed by atoms with Gasteiger partial charge in [-0.2, -0.15) is 0 Å². The molecule has 1 N–H and O–H groups in total. The van der Waals surface area contributed by atoms with Gasteiger partial charge in [0, 0.05) is 6.04 Å². The van der Waals surface area contributed by atoms with E-state index in [0.717, 1.165) is 12.5 Å². The van der Waals surface area contributed by atoms with Crippen LogP contribution >= 0.6 is 0 Å². The third-order valence-corrected chi connectivity index (χ3v) is 2.22. The van der Waals surface area contributed by atoms with Crippen molar-refractivity contribution in [3.63, 3.8) is 0 Å². The summed E-state index contributed by atoms with van der Waals surface area (Å²) in [6, 6.07) is 0.547. The van der Waals surface area contributed by atoms with Gasteiger partial charge in [-0.1, -0.05) is 26.7 Å². The summed E-state index contributed by atoms with van der Waals surface area (Å²) in [6.45, 7) is 7.30. The zero-order chi connectivity index (χ0) is 10.1. The van der Waals surface area contributed by atoms with Crippen LogP contribution in [0.4, 0.5) is 4.39 Å². The van der Waals surface area contributed by atoms with E-state index in [4.69, 9.17) is 0 Å². The van der Waals surface area contributed by atoms with Crippen LogP contribution in [0.2, 0.25) is 0 Å². The Hall–Kier alpha value is -0.110. The molecule has 0 aromatic heterocycles. The van der Waals surface area contributed by atoms with Crippen LogP contribution in [-0.4, -0.2) is 19.3 Å². The van der Waals surface area contributed by atoms with Crippen LogP contribution in [0.15, 0.2) is 0 Å². The van der Waals surface area contributed by atoms with Crippen molar-refractivity contribution in [3.05, 3.63) is 0 Å². The molecule has 2 heteroatoms. The molecule has 0 rings (SSSR count). The van der Waals surface area contributed by atoms with Crippen molar-refractivity contribution in [3.8, 4) is 0 Å². The first-order valence-corrected chi connectivity index (χ1v) is 5.46. The molecule has 0 spiro atoms. The number of hydrogen-bond acceptors (Lipinski definition) is 1. The van der Waals surface area contributed by atoms with Crippen molar-refractivity contribution < 1.29 is 4.39 Å². The molecule has 80 valence electrons. The Balaban J connectivity index is 3.15. The van der Waals surface area contributed by atoms with E-state index in [9.17, 15) is 4.39 Å². The lowest BCUT2D eigenvalue weighted by Gasteiger charge is -2.13. The second-order valence-electron chi connectivity index (χ2n) is 4.22. The van der Waals surface area contributed by atoms with E-state index in [1.807, 2.05) is 0 Å². The zero-order valence-corrected chi connectivity index (χ0v) is 9.28. The predicted octanol–water partition coefficient (Wildman–Crippen LogP) is 3.15. The van der Waals surface area contributed by atoms with Crippen molar-refractivity contribution >= 4 is 0 Å². The third-order valence-electron chi connectivity index (χ3n) is 2.22. The van der Waals surface area contributed by atoms with Gasteiger partial charge in [0.2, 0.25) is 0 Å². The highest BCUT2D eigenvalue weighted by molar-refractivity contribution is 4.61. The maximum absolute atomic E-state index is 11.8. The summed E-state index contributed by atoms with van der Waals surface area (Å²) in [6.07, 6.45) is 4.44. The molecule has 0 aliphatic heterocycles. The summed E-state index contributed by atoms with van der Waals surface area (Å²) in [5, 5.41) is 3.32. The van der Waals surface area contributed by atoms with Crippen LogP contribution in [0.1, 0.15) is 46.5 Å². The molecule has 1 atom stereocenters. The fourth-order valence-corrected chi connectivity index (χ4v) is 1.35. The molecular formula is C11H24FN. The molecule has 0 saturated heterocycles. The van der Waals surface area contributed by atoms with Gasteiger partial charge in [0.05, 0.1) is 6.67 Å². The van der Waals surface area contributed by atoms with E-state index in [0.29, 0.717) is 12.5 Å². The second kappa shape index (κ2) is 8.49. The standard InChI is InChI=1S/C11H24FN/c1-10(2)6-4-7-11(3)13-9-5-8-12/h10-11,13H,4-9H2,1-3H3. The number of hydrogen-bond donors (Lipinski definition) is 1. The Kier molecular flexibility index (Phi) is 8.41. The lowest BCUT2D eigenvalue weighted by Crippen LogP contribution is -2.27. The molecule has 0 heterocycles. The lowest BCUT2D eigenvalue weighted by molar-refractivity contribution is 0.421. The summed E-state index contributed by atoms with van der Waals surface area (Å²) in [5.41, 5.74) is 0. The molecule has 0 radical (unpaired) electrons. The highest BCUT2D eigenvalue weighted by Crippen LogP contribution is 2.07. The predicted molar refractivity (Wildman–Crippen MR) is 56.7 cm³/mol. The van der Waals surface area contributed by atoms with Crippen molar-refractivity contribution in [1.29, 1.82) is 0 Å². The molecule has 0 aromatic carbocycles. The topological polar surface area (TPSA) is 12.0 Å². The van der Waals surface area contributed by atoms with Crippen molar-refractivity contribution in [2.45, 2.75) is 52.5 Å². The van der Waals surface area contributed by atoms with Gasteiger partial charge in [0.15, 0.2) is 0 Å². The van der Waals surface area contributed by atoms with Gasteiger partial charge >= 0.3 is 0 Å². The second-order valence-corrected chi connectivity index (χ2v) is 4.22. The molecule has 0 aliphatic carbocycles. The number of nitrogens with one attached hydrogen (secondary N) is 1. The maximum atomic E-state index is 11.8. The van der Waals surface area contributed by atoms with Gasteiger partial charge in [-0.15, -0.1) is 0 Å². The van der Waals surface area contributed by atoms with E-state index >= 15 is 0 Å². The Morgan fingerprint density at radius 1 is 1.08 bits per heavy atom. The highest BCUT2D eigenvalue weighted by Gasteiger charge is 2.01. The average molecular weight is 189 g/mol. The minimum atomic E-state index is -0.203. The van der Waals surface area contributed by atoms with Crippen LogP contribution in [0.25, 0.3) is 0 Å². The van der Waals surface area contributed by atoms with E-state index < -0.39 is 0 Å². The molecule has 1 nitrogen and oxygen atoms in total. The van der Waals surface area contributed by atoms with Crippen LogP contribution < -0.4 is 5.32 Å². The summed E-state index contributed by atoms with van der Waals surface area (Å²) in [5.74, 6) is 0.804. The van der Waals surface area contributed by atoms with E-state index in [-0.39, 0.29) is 6.67 Å². The Labute approximate surface area is 82.1 Å². The normalized spacial score (nSPS) is 13.6. The molecule has 13 heavy (non-hydrogen) atoms. The minimum Gasteiger partial charge on any atom is -0.314 e.